The molecule has 0 saturated heterocycles. The maximum atomic E-state index is 14.1. The Morgan fingerprint density at radius 3 is 2.65 bits per heavy atom. The number of aliphatic hydroxyl groups is 1. The Labute approximate surface area is 155 Å². The molecular weight excluding hydrogens is 361 g/mol. The van der Waals surface area contributed by atoms with Gasteiger partial charge in [-0.2, -0.15) is 0 Å². The molecule has 0 spiro atoms. The molecule has 2 rings (SSSR count). The predicted octanol–water partition coefficient (Wildman–Crippen LogP) is 1.74. The van der Waals surface area contributed by atoms with Gasteiger partial charge in [-0.3, -0.25) is 4.98 Å². The molecule has 0 saturated carbocycles. The molecule has 0 amide bonds. The van der Waals surface area contributed by atoms with Crippen molar-refractivity contribution < 1.29 is 23.1 Å². The summed E-state index contributed by atoms with van der Waals surface area (Å²) in [7, 11) is 0.213. The van der Waals surface area contributed by atoms with Crippen LogP contribution in [0.25, 0.3) is 11.3 Å². The molecule has 140 valence electrons. The van der Waals surface area contributed by atoms with Gasteiger partial charge in [0, 0.05) is 23.7 Å². The van der Waals surface area contributed by atoms with Crippen LogP contribution >= 0.6 is 0 Å². The summed E-state index contributed by atoms with van der Waals surface area (Å²) in [4.78, 5) is 3.81. The highest BCUT2D eigenvalue weighted by atomic mass is 32.2. The average Bonchev–Trinajstić information content (AvgIpc) is 2.53. The van der Waals surface area contributed by atoms with Gasteiger partial charge in [-0.25, -0.2) is 13.5 Å². The first-order valence-corrected chi connectivity index (χ1v) is 9.50. The third kappa shape index (κ3) is 5.94. The zero-order valence-electron chi connectivity index (χ0n) is 14.9. The average molecular weight is 382 g/mol. The summed E-state index contributed by atoms with van der Waals surface area (Å²) < 4.78 is 47.0. The van der Waals surface area contributed by atoms with Crippen molar-refractivity contribution in [2.45, 2.75) is 13.8 Å². The number of nitrogens with zero attached hydrogens (tertiary/aromatic N) is 1. The molecule has 1 atom stereocenters. The molecule has 2 N–H and O–H groups in total. The summed E-state index contributed by atoms with van der Waals surface area (Å²) in [6.45, 7) is 4.06. The number of aromatic nitrogens is 1. The second-order valence-corrected chi connectivity index (χ2v) is 7.89. The van der Waals surface area contributed by atoms with E-state index in [4.69, 9.17) is 4.65 Å². The Bertz CT molecular complexity index is 763. The SMILES string of the molecule is C[S+]([O-])Nc1cc(BOCC(C)(C)CO)cc(-c2ncc(F)cc2F)c1. The molecule has 26 heavy (non-hydrogen) atoms. The smallest absolute Gasteiger partial charge is 0.308 e. The molecule has 0 fully saturated rings. The van der Waals surface area contributed by atoms with Crippen molar-refractivity contribution in [3.8, 4) is 11.3 Å². The summed E-state index contributed by atoms with van der Waals surface area (Å²) in [6, 6.07) is 5.77. The minimum absolute atomic E-state index is 0.00567. The van der Waals surface area contributed by atoms with Crippen LogP contribution in [0.1, 0.15) is 13.8 Å². The summed E-state index contributed by atoms with van der Waals surface area (Å²) in [5.41, 5.74) is 1.24. The Balaban J connectivity index is 2.30. The number of hydrogen-bond acceptors (Lipinski definition) is 5. The molecule has 9 heteroatoms. The molecule has 2 aromatic rings. The molecule has 0 aliphatic rings. The Morgan fingerprint density at radius 2 is 2.04 bits per heavy atom. The van der Waals surface area contributed by atoms with Crippen LogP contribution in [0, 0.1) is 17.0 Å². The number of nitrogens with one attached hydrogen (secondary N) is 1. The van der Waals surface area contributed by atoms with Gasteiger partial charge in [-0.05, 0) is 17.6 Å². The van der Waals surface area contributed by atoms with E-state index in [1.165, 1.54) is 6.26 Å². The fourth-order valence-electron chi connectivity index (χ4n) is 2.25. The van der Waals surface area contributed by atoms with Crippen LogP contribution in [0.15, 0.2) is 30.5 Å². The van der Waals surface area contributed by atoms with Crippen LogP contribution in [0.3, 0.4) is 0 Å². The highest BCUT2D eigenvalue weighted by molar-refractivity contribution is 7.92. The van der Waals surface area contributed by atoms with Gasteiger partial charge in [0.05, 0.1) is 29.9 Å². The van der Waals surface area contributed by atoms with Gasteiger partial charge < -0.3 is 14.3 Å². The normalized spacial score (nSPS) is 12.7. The van der Waals surface area contributed by atoms with Crippen molar-refractivity contribution in [3.63, 3.8) is 0 Å². The number of anilines is 1. The third-order valence-electron chi connectivity index (χ3n) is 3.53. The molecule has 5 nitrogen and oxygen atoms in total. The first-order chi connectivity index (χ1) is 12.2. The van der Waals surface area contributed by atoms with Crippen LogP contribution in [0.4, 0.5) is 14.5 Å². The first kappa shape index (κ1) is 20.6. The number of hydrogen-bond donors (Lipinski definition) is 2. The van der Waals surface area contributed by atoms with E-state index >= 15 is 0 Å². The highest BCUT2D eigenvalue weighted by Gasteiger charge is 2.17. The van der Waals surface area contributed by atoms with E-state index < -0.39 is 23.0 Å². The van der Waals surface area contributed by atoms with Crippen LogP contribution in [0.5, 0.6) is 0 Å². The largest absolute Gasteiger partial charge is 0.593 e. The van der Waals surface area contributed by atoms with Gasteiger partial charge >= 0.3 is 7.48 Å². The summed E-state index contributed by atoms with van der Waals surface area (Å²) in [5, 5.41) is 9.28. The van der Waals surface area contributed by atoms with Gasteiger partial charge in [-0.15, -0.1) is 0 Å². The van der Waals surface area contributed by atoms with E-state index in [1.807, 2.05) is 13.8 Å². The Morgan fingerprint density at radius 1 is 1.31 bits per heavy atom. The van der Waals surface area contributed by atoms with Crippen molar-refractivity contribution in [1.29, 1.82) is 0 Å². The Hall–Kier alpha value is -1.68. The third-order valence-corrected chi connectivity index (χ3v) is 4.05. The second-order valence-electron chi connectivity index (χ2n) is 6.77. The van der Waals surface area contributed by atoms with E-state index in [1.54, 1.807) is 18.2 Å². The van der Waals surface area contributed by atoms with E-state index in [2.05, 4.69) is 9.71 Å². The van der Waals surface area contributed by atoms with E-state index in [0.29, 0.717) is 23.3 Å². The molecule has 1 aromatic heterocycles. The molecular formula is C17H21BF2N2O3S. The fraction of sp³-hybridized carbons (Fsp3) is 0.353. The summed E-state index contributed by atoms with van der Waals surface area (Å²) >= 11 is -1.32. The Kier molecular flexibility index (Phi) is 6.99. The van der Waals surface area contributed by atoms with E-state index in [0.717, 1.165) is 12.3 Å². The fourth-order valence-corrected chi connectivity index (χ4v) is 2.70. The first-order valence-electron chi connectivity index (χ1n) is 7.94. The van der Waals surface area contributed by atoms with Crippen molar-refractivity contribution >= 4 is 30.0 Å². The maximum Gasteiger partial charge on any atom is 0.308 e. The van der Waals surface area contributed by atoms with Gasteiger partial charge in [-0.1, -0.05) is 19.9 Å². The van der Waals surface area contributed by atoms with Crippen LogP contribution in [-0.4, -0.2) is 41.6 Å². The lowest BCUT2D eigenvalue weighted by atomic mass is 9.85. The van der Waals surface area contributed by atoms with Gasteiger partial charge in [0.15, 0.2) is 5.82 Å². The zero-order chi connectivity index (χ0) is 19.3. The lowest BCUT2D eigenvalue weighted by Gasteiger charge is -2.21. The minimum atomic E-state index is -1.32. The minimum Gasteiger partial charge on any atom is -0.593 e. The zero-order valence-corrected chi connectivity index (χ0v) is 15.7. The van der Waals surface area contributed by atoms with Gasteiger partial charge in [0.1, 0.15) is 17.8 Å². The number of halogens is 2. The van der Waals surface area contributed by atoms with Crippen LogP contribution < -0.4 is 10.2 Å². The van der Waals surface area contributed by atoms with Crippen molar-refractivity contribution in [3.05, 3.63) is 42.1 Å². The van der Waals surface area contributed by atoms with E-state index in [-0.39, 0.29) is 25.2 Å². The molecule has 1 aromatic carbocycles. The summed E-state index contributed by atoms with van der Waals surface area (Å²) in [6.07, 6.45) is 2.42. The lowest BCUT2D eigenvalue weighted by molar-refractivity contribution is 0.101. The van der Waals surface area contributed by atoms with Crippen molar-refractivity contribution in [2.24, 2.45) is 5.41 Å². The van der Waals surface area contributed by atoms with Crippen molar-refractivity contribution in [1.82, 2.24) is 4.98 Å². The van der Waals surface area contributed by atoms with Crippen LogP contribution in [0.2, 0.25) is 0 Å². The van der Waals surface area contributed by atoms with E-state index in [9.17, 15) is 18.4 Å². The predicted molar refractivity (Wildman–Crippen MR) is 101 cm³/mol. The number of benzene rings is 1. The quantitative estimate of drug-likeness (QED) is 0.537. The monoisotopic (exact) mass is 382 g/mol. The molecule has 1 heterocycles. The molecule has 0 bridgehead atoms. The summed E-state index contributed by atoms with van der Waals surface area (Å²) in [5.74, 6) is -1.54. The molecule has 1 unspecified atom stereocenters. The number of pyridine rings is 1. The second kappa shape index (κ2) is 8.81. The lowest BCUT2D eigenvalue weighted by Crippen LogP contribution is -2.28. The van der Waals surface area contributed by atoms with Crippen molar-refractivity contribution in [2.75, 3.05) is 24.2 Å². The molecule has 0 radical (unpaired) electrons. The highest BCUT2D eigenvalue weighted by Crippen LogP contribution is 2.23. The standard InChI is InChI=1S/C17H21BF2N2O3S/c1-17(2,9-23)10-25-18-12-4-11(5-14(6-12)22-26(3)24)16-15(20)7-13(19)8-21-16/h4-8,18,22-23H,9-10H2,1-3H3. The number of aliphatic hydroxyl groups excluding tert-OH is 1. The topological polar surface area (TPSA) is 77.4 Å². The number of rotatable bonds is 8. The molecule has 0 aliphatic heterocycles. The molecule has 0 aliphatic carbocycles. The van der Waals surface area contributed by atoms with Crippen LogP contribution in [-0.2, 0) is 16.0 Å². The van der Waals surface area contributed by atoms with Gasteiger partial charge in [0.25, 0.3) is 0 Å². The maximum absolute atomic E-state index is 14.1. The van der Waals surface area contributed by atoms with Gasteiger partial charge in [0.2, 0.25) is 0 Å².